The average molecular weight is 450 g/mol. The monoisotopic (exact) mass is 449 g/mol. The fraction of sp³-hybridized carbons (Fsp3) is 0.682. The molecule has 2 fully saturated rings. The molecule has 0 aromatic carbocycles. The molecule has 9 heteroatoms. The number of hydrogen-bond acceptors (Lipinski definition) is 6. The van der Waals surface area contributed by atoms with Gasteiger partial charge >= 0.3 is 14.3 Å². The van der Waals surface area contributed by atoms with E-state index in [2.05, 4.69) is 58.4 Å². The molecule has 172 valence electrons. The molecule has 2 aliphatic rings. The van der Waals surface area contributed by atoms with E-state index in [1.165, 1.54) is 11.5 Å². The smallest absolute Gasteiger partial charge is 0.351 e. The van der Waals surface area contributed by atoms with Crippen molar-refractivity contribution in [3.8, 4) is 0 Å². The summed E-state index contributed by atoms with van der Waals surface area (Å²) in [7, 11) is -2.68. The second-order valence-corrected chi connectivity index (χ2v) is 15.2. The lowest BCUT2D eigenvalue weighted by molar-refractivity contribution is -0.114. The van der Waals surface area contributed by atoms with E-state index in [1.54, 1.807) is 12.3 Å². The van der Waals surface area contributed by atoms with Crippen LogP contribution in [0.1, 0.15) is 61.1 Å². The Bertz CT molecular complexity index is 888. The van der Waals surface area contributed by atoms with Crippen molar-refractivity contribution in [3.63, 3.8) is 0 Å². The van der Waals surface area contributed by atoms with Crippen LogP contribution in [0.3, 0.4) is 0 Å². The summed E-state index contributed by atoms with van der Waals surface area (Å²) in [5, 5.41) is 2.24. The molecule has 3 rings (SSSR count). The first-order chi connectivity index (χ1) is 14.3. The van der Waals surface area contributed by atoms with Gasteiger partial charge in [0.1, 0.15) is 18.1 Å². The van der Waals surface area contributed by atoms with Crippen LogP contribution in [0.5, 0.6) is 0 Å². The molecule has 31 heavy (non-hydrogen) atoms. The topological polar surface area (TPSA) is 91.7 Å². The van der Waals surface area contributed by atoms with Gasteiger partial charge in [0.05, 0.1) is 12.7 Å². The first kappa shape index (κ1) is 23.8. The lowest BCUT2D eigenvalue weighted by Gasteiger charge is -2.53. The highest BCUT2D eigenvalue weighted by Crippen LogP contribution is 2.56. The first-order valence-corrected chi connectivity index (χ1v) is 12.6. The van der Waals surface area contributed by atoms with Gasteiger partial charge in [-0.3, -0.25) is 9.36 Å². The highest BCUT2D eigenvalue weighted by Gasteiger charge is 2.64. The molecule has 0 radical (unpaired) electrons. The zero-order valence-corrected chi connectivity index (χ0v) is 20.6. The number of nitrogens with one attached hydrogen (secondary N) is 1. The molecular weight excluding hydrogens is 414 g/mol. The fourth-order valence-electron chi connectivity index (χ4n) is 5.00. The Hall–Kier alpha value is -1.81. The van der Waals surface area contributed by atoms with Crippen LogP contribution in [-0.4, -0.2) is 42.8 Å². The SMILES string of the molecule is C=CC[C@@H]1[C@@H]2O[Si](C(C)(C)C)(C(C)(C)C)OC[C@H]2O[C@H]1n1ccc(NC(C)=O)nc1=O. The molecule has 0 spiro atoms. The molecule has 1 aromatic rings. The van der Waals surface area contributed by atoms with Crippen LogP contribution in [0.15, 0.2) is 29.7 Å². The second-order valence-electron chi connectivity index (χ2n) is 10.4. The summed E-state index contributed by atoms with van der Waals surface area (Å²) in [6.07, 6.45) is 3.05. The van der Waals surface area contributed by atoms with E-state index in [4.69, 9.17) is 13.6 Å². The van der Waals surface area contributed by atoms with Gasteiger partial charge in [-0.1, -0.05) is 47.6 Å². The van der Waals surface area contributed by atoms with Crippen LogP contribution in [0.4, 0.5) is 5.82 Å². The quantitative estimate of drug-likeness (QED) is 0.556. The lowest BCUT2D eigenvalue weighted by Crippen LogP contribution is -2.64. The van der Waals surface area contributed by atoms with Gasteiger partial charge in [0.2, 0.25) is 5.91 Å². The Morgan fingerprint density at radius 3 is 2.48 bits per heavy atom. The van der Waals surface area contributed by atoms with E-state index in [0.29, 0.717) is 13.0 Å². The Morgan fingerprint density at radius 1 is 1.32 bits per heavy atom. The minimum Gasteiger partial charge on any atom is -0.391 e. The number of anilines is 1. The van der Waals surface area contributed by atoms with Crippen LogP contribution >= 0.6 is 0 Å². The molecule has 0 aliphatic carbocycles. The van der Waals surface area contributed by atoms with Gasteiger partial charge in [0.15, 0.2) is 0 Å². The Kier molecular flexibility index (Phi) is 6.36. The highest BCUT2D eigenvalue weighted by atomic mass is 28.4. The summed E-state index contributed by atoms with van der Waals surface area (Å²) in [6, 6.07) is 1.60. The molecule has 0 saturated carbocycles. The number of ether oxygens (including phenoxy) is 1. The van der Waals surface area contributed by atoms with Gasteiger partial charge in [-0.25, -0.2) is 4.79 Å². The lowest BCUT2D eigenvalue weighted by atomic mass is 9.96. The largest absolute Gasteiger partial charge is 0.391 e. The van der Waals surface area contributed by atoms with Gasteiger partial charge in [-0.05, 0) is 12.5 Å². The number of aromatic nitrogens is 2. The number of allylic oxidation sites excluding steroid dienone is 1. The number of amides is 1. The summed E-state index contributed by atoms with van der Waals surface area (Å²) in [5.74, 6) is -0.168. The Balaban J connectivity index is 1.97. The molecule has 8 nitrogen and oxygen atoms in total. The van der Waals surface area contributed by atoms with E-state index >= 15 is 0 Å². The molecular formula is C22H35N3O5Si. The zero-order chi connectivity index (χ0) is 23.2. The molecule has 0 unspecified atom stereocenters. The number of nitrogens with zero attached hydrogens (tertiary/aromatic N) is 2. The van der Waals surface area contributed by atoms with E-state index in [-0.39, 0.29) is 39.9 Å². The predicted molar refractivity (Wildman–Crippen MR) is 121 cm³/mol. The van der Waals surface area contributed by atoms with Gasteiger partial charge in [-0.2, -0.15) is 4.98 Å². The van der Waals surface area contributed by atoms with Crippen molar-refractivity contribution in [1.82, 2.24) is 9.55 Å². The van der Waals surface area contributed by atoms with Crippen molar-refractivity contribution in [1.29, 1.82) is 0 Å². The molecule has 0 bridgehead atoms. The minimum absolute atomic E-state index is 0.103. The van der Waals surface area contributed by atoms with Crippen molar-refractivity contribution in [3.05, 3.63) is 35.4 Å². The van der Waals surface area contributed by atoms with Gasteiger partial charge in [0.25, 0.3) is 0 Å². The third-order valence-electron chi connectivity index (χ3n) is 6.04. The van der Waals surface area contributed by atoms with Gasteiger partial charge in [0, 0.05) is 29.1 Å². The molecule has 2 saturated heterocycles. The van der Waals surface area contributed by atoms with Crippen molar-refractivity contribution < 1.29 is 18.4 Å². The van der Waals surface area contributed by atoms with Crippen LogP contribution in [0.25, 0.3) is 0 Å². The molecule has 1 amide bonds. The molecule has 1 aromatic heterocycles. The van der Waals surface area contributed by atoms with E-state index in [1.807, 2.05) is 6.08 Å². The zero-order valence-electron chi connectivity index (χ0n) is 19.6. The summed E-state index contributed by atoms with van der Waals surface area (Å²) < 4.78 is 21.2. The highest BCUT2D eigenvalue weighted by molar-refractivity contribution is 6.73. The number of carbonyl (C=O) groups excluding carboxylic acids is 1. The van der Waals surface area contributed by atoms with Gasteiger partial charge in [-0.15, -0.1) is 6.58 Å². The average Bonchev–Trinajstić information content (AvgIpc) is 2.97. The number of rotatable bonds is 4. The number of fused-ring (bicyclic) bond motifs is 1. The van der Waals surface area contributed by atoms with Crippen LogP contribution < -0.4 is 11.0 Å². The van der Waals surface area contributed by atoms with Crippen molar-refractivity contribution in [2.24, 2.45) is 5.92 Å². The number of carbonyl (C=O) groups is 1. The second kappa shape index (κ2) is 8.27. The van der Waals surface area contributed by atoms with Crippen LogP contribution in [0, 0.1) is 5.92 Å². The Labute approximate surface area is 185 Å². The maximum atomic E-state index is 12.7. The third kappa shape index (κ3) is 4.28. The summed E-state index contributed by atoms with van der Waals surface area (Å²) in [4.78, 5) is 28.0. The number of hydrogen-bond donors (Lipinski definition) is 1. The van der Waals surface area contributed by atoms with Crippen molar-refractivity contribution in [2.45, 2.75) is 83.4 Å². The standard InChI is InChI=1S/C22H35N3O5Si/c1-9-10-15-18-16(13-28-31(30-18,21(3,4)5)22(6,7)8)29-19(15)25-12-11-17(23-14(2)26)24-20(25)27/h9,11-12,15-16,18-19H,1,10,13H2,2-8H3,(H,23,24,26,27)/t15-,16-,18+,19-/m1/s1. The summed E-state index contributed by atoms with van der Waals surface area (Å²) >= 11 is 0. The minimum atomic E-state index is -2.68. The van der Waals surface area contributed by atoms with Crippen LogP contribution in [-0.2, 0) is 18.4 Å². The first-order valence-electron chi connectivity index (χ1n) is 10.8. The van der Waals surface area contributed by atoms with E-state index < -0.39 is 20.5 Å². The third-order valence-corrected chi connectivity index (χ3v) is 11.2. The molecule has 2 aliphatic heterocycles. The summed E-state index contributed by atoms with van der Waals surface area (Å²) in [5.41, 5.74) is -0.486. The van der Waals surface area contributed by atoms with E-state index in [0.717, 1.165) is 0 Å². The molecule has 1 N–H and O–H groups in total. The van der Waals surface area contributed by atoms with Crippen molar-refractivity contribution >= 4 is 20.3 Å². The maximum Gasteiger partial charge on any atom is 0.351 e. The van der Waals surface area contributed by atoms with Crippen molar-refractivity contribution in [2.75, 3.05) is 11.9 Å². The van der Waals surface area contributed by atoms with E-state index in [9.17, 15) is 9.59 Å². The fourth-order valence-corrected chi connectivity index (χ4v) is 10.0. The summed E-state index contributed by atoms with van der Waals surface area (Å²) in [6.45, 7) is 18.8. The molecule has 3 heterocycles. The predicted octanol–water partition coefficient (Wildman–Crippen LogP) is 3.75. The molecule has 4 atom stereocenters. The Morgan fingerprint density at radius 2 is 1.97 bits per heavy atom. The maximum absolute atomic E-state index is 12.7. The normalized spacial score (nSPS) is 28.1. The van der Waals surface area contributed by atoms with Gasteiger partial charge < -0.3 is 18.9 Å². The van der Waals surface area contributed by atoms with Crippen LogP contribution in [0.2, 0.25) is 10.1 Å².